The average Bonchev–Trinajstić information content (AvgIpc) is 2.07. The first-order valence-corrected chi connectivity index (χ1v) is 5.38. The molecular weight excluding hydrogens is 176 g/mol. The predicted octanol–water partition coefficient (Wildman–Crippen LogP) is 3.89. The Hall–Kier alpha value is -0.140. The number of benzene rings is 1. The number of rotatable bonds is 3. The van der Waals surface area contributed by atoms with Gasteiger partial charge >= 0.3 is 0 Å². The van der Waals surface area contributed by atoms with Gasteiger partial charge in [-0.2, -0.15) is 0 Å². The Morgan fingerprint density at radius 1 is 1.27 bits per heavy atom. The molecule has 0 radical (unpaired) electrons. The molecule has 0 amide bonds. The molecule has 0 atom stereocenters. The van der Waals surface area contributed by atoms with Crippen molar-refractivity contribution in [2.45, 2.75) is 24.7 Å². The molecule has 0 bridgehead atoms. The van der Waals surface area contributed by atoms with Crippen molar-refractivity contribution in [3.05, 3.63) is 29.8 Å². The summed E-state index contributed by atoms with van der Waals surface area (Å²) in [5.74, 6) is 0. The largest absolute Gasteiger partial charge is 0.0651 e. The van der Waals surface area contributed by atoms with Crippen LogP contribution in [0.25, 0.3) is 0 Å². The normalized spacial score (nSPS) is 10.0. The molecule has 1 aromatic carbocycles. The molecule has 0 saturated carbocycles. The number of halogens is 1. The Bertz CT molecular complexity index is 205. The fraction of sp³-hybridized carbons (Fsp3) is 0.333. The van der Waals surface area contributed by atoms with Crippen LogP contribution in [-0.4, -0.2) is 0 Å². The second kappa shape index (κ2) is 4.68. The quantitative estimate of drug-likeness (QED) is 0.691. The van der Waals surface area contributed by atoms with E-state index in [-0.39, 0.29) is 0 Å². The van der Waals surface area contributed by atoms with Gasteiger partial charge in [0.05, 0.1) is 0 Å². The molecule has 0 unspecified atom stereocenters. The topological polar surface area (TPSA) is 0 Å². The van der Waals surface area contributed by atoms with Gasteiger partial charge in [0.1, 0.15) is 0 Å². The van der Waals surface area contributed by atoms with E-state index < -0.39 is 0 Å². The monoisotopic (exact) mass is 186 g/mol. The van der Waals surface area contributed by atoms with Crippen molar-refractivity contribution in [2.24, 2.45) is 0 Å². The Labute approximate surface area is 76.5 Å². The van der Waals surface area contributed by atoms with E-state index in [0.29, 0.717) is 0 Å². The van der Waals surface area contributed by atoms with E-state index >= 15 is 0 Å². The first kappa shape index (κ1) is 8.95. The van der Waals surface area contributed by atoms with E-state index in [1.807, 2.05) is 0 Å². The van der Waals surface area contributed by atoms with Gasteiger partial charge in [-0.05, 0) is 45.8 Å². The van der Waals surface area contributed by atoms with Crippen LogP contribution < -0.4 is 0 Å². The van der Waals surface area contributed by atoms with E-state index in [4.69, 9.17) is 10.7 Å². The van der Waals surface area contributed by atoms with Gasteiger partial charge < -0.3 is 0 Å². The van der Waals surface area contributed by atoms with E-state index in [1.165, 1.54) is 23.0 Å². The highest BCUT2D eigenvalue weighted by Crippen LogP contribution is 2.21. The molecule has 11 heavy (non-hydrogen) atoms. The molecule has 1 rings (SSSR count). The summed E-state index contributed by atoms with van der Waals surface area (Å²) in [7, 11) is 6.84. The van der Waals surface area contributed by atoms with E-state index in [0.717, 1.165) is 11.3 Å². The molecule has 0 aromatic heterocycles. The van der Waals surface area contributed by atoms with Crippen LogP contribution in [0.2, 0.25) is 0 Å². The summed E-state index contributed by atoms with van der Waals surface area (Å²) in [6.07, 6.45) is 2.36. The molecule has 0 nitrogen and oxygen atoms in total. The zero-order valence-electron chi connectivity index (χ0n) is 6.51. The van der Waals surface area contributed by atoms with Gasteiger partial charge in [0.25, 0.3) is 0 Å². The van der Waals surface area contributed by atoms with Crippen LogP contribution in [0, 0.1) is 0 Å². The smallest absolute Gasteiger partial charge is 0.0233 e. The summed E-state index contributed by atoms with van der Waals surface area (Å²) in [6.45, 7) is 2.18. The Morgan fingerprint density at radius 3 is 2.36 bits per heavy atom. The number of hydrogen-bond donors (Lipinski definition) is 0. The molecule has 0 aliphatic heterocycles. The number of aryl methyl sites for hydroxylation is 1. The molecule has 1 aromatic rings. The third-order valence-corrected chi connectivity index (χ3v) is 2.54. The standard InChI is InChI=1S/C9H11ClS/c1-2-3-8-4-6-9(11-10)7-5-8/h4-7H,2-3H2,1H3. The number of hydrogen-bond acceptors (Lipinski definition) is 1. The van der Waals surface area contributed by atoms with Crippen molar-refractivity contribution in [1.29, 1.82) is 0 Å². The molecule has 0 fully saturated rings. The predicted molar refractivity (Wildman–Crippen MR) is 52.1 cm³/mol. The zero-order valence-corrected chi connectivity index (χ0v) is 8.08. The summed E-state index contributed by atoms with van der Waals surface area (Å²) < 4.78 is 0. The maximum atomic E-state index is 5.57. The fourth-order valence-electron chi connectivity index (χ4n) is 0.996. The molecule has 60 valence electrons. The van der Waals surface area contributed by atoms with Crippen molar-refractivity contribution in [3.8, 4) is 0 Å². The van der Waals surface area contributed by atoms with Crippen molar-refractivity contribution in [2.75, 3.05) is 0 Å². The first-order valence-electron chi connectivity index (χ1n) is 3.74. The van der Waals surface area contributed by atoms with Gasteiger partial charge in [-0.25, -0.2) is 0 Å². The van der Waals surface area contributed by atoms with Crippen LogP contribution >= 0.6 is 21.7 Å². The average molecular weight is 187 g/mol. The van der Waals surface area contributed by atoms with Crippen LogP contribution in [0.15, 0.2) is 29.2 Å². The summed E-state index contributed by atoms with van der Waals surface area (Å²) in [6, 6.07) is 8.38. The third kappa shape index (κ3) is 2.76. The van der Waals surface area contributed by atoms with E-state index in [1.54, 1.807) is 0 Å². The van der Waals surface area contributed by atoms with Gasteiger partial charge in [-0.3, -0.25) is 0 Å². The van der Waals surface area contributed by atoms with Crippen molar-refractivity contribution < 1.29 is 0 Å². The molecule has 2 heteroatoms. The SMILES string of the molecule is CCCc1ccc(SCl)cc1. The Balaban J connectivity index is 2.66. The minimum absolute atomic E-state index is 1.12. The van der Waals surface area contributed by atoms with Crippen molar-refractivity contribution in [1.82, 2.24) is 0 Å². The first-order chi connectivity index (χ1) is 5.36. The third-order valence-electron chi connectivity index (χ3n) is 1.55. The van der Waals surface area contributed by atoms with Gasteiger partial charge in [-0.1, -0.05) is 25.5 Å². The molecule has 0 spiro atoms. The second-order valence-electron chi connectivity index (χ2n) is 2.47. The molecular formula is C9H11ClS. The van der Waals surface area contributed by atoms with Crippen molar-refractivity contribution >= 4 is 21.7 Å². The van der Waals surface area contributed by atoms with E-state index in [2.05, 4.69) is 31.2 Å². The Kier molecular flexibility index (Phi) is 3.81. The molecule has 0 aliphatic carbocycles. The van der Waals surface area contributed by atoms with Crippen LogP contribution in [0.1, 0.15) is 18.9 Å². The summed E-state index contributed by atoms with van der Waals surface area (Å²) in [5, 5.41) is 0. The van der Waals surface area contributed by atoms with Gasteiger partial charge in [0, 0.05) is 4.90 Å². The lowest BCUT2D eigenvalue weighted by Gasteiger charge is -1.98. The Morgan fingerprint density at radius 2 is 1.91 bits per heavy atom. The van der Waals surface area contributed by atoms with Crippen LogP contribution in [0.3, 0.4) is 0 Å². The van der Waals surface area contributed by atoms with Crippen LogP contribution in [-0.2, 0) is 6.42 Å². The van der Waals surface area contributed by atoms with Gasteiger partial charge in [0.2, 0.25) is 0 Å². The lowest BCUT2D eigenvalue weighted by Crippen LogP contribution is -1.80. The molecule has 0 heterocycles. The summed E-state index contributed by atoms with van der Waals surface area (Å²) in [4.78, 5) is 1.12. The fourth-order valence-corrected chi connectivity index (χ4v) is 1.54. The highest BCUT2D eigenvalue weighted by molar-refractivity contribution is 8.21. The van der Waals surface area contributed by atoms with Crippen molar-refractivity contribution in [3.63, 3.8) is 0 Å². The maximum Gasteiger partial charge on any atom is 0.0233 e. The molecule has 0 saturated heterocycles. The van der Waals surface area contributed by atoms with E-state index in [9.17, 15) is 0 Å². The highest BCUT2D eigenvalue weighted by atomic mass is 35.7. The minimum Gasteiger partial charge on any atom is -0.0651 e. The second-order valence-corrected chi connectivity index (χ2v) is 3.56. The van der Waals surface area contributed by atoms with Crippen LogP contribution in [0.5, 0.6) is 0 Å². The summed E-state index contributed by atoms with van der Waals surface area (Å²) >= 11 is 0. The maximum absolute atomic E-state index is 5.57. The molecule has 0 aliphatic rings. The van der Waals surface area contributed by atoms with Crippen LogP contribution in [0.4, 0.5) is 0 Å². The molecule has 0 N–H and O–H groups in total. The van der Waals surface area contributed by atoms with Gasteiger partial charge in [0.15, 0.2) is 0 Å². The van der Waals surface area contributed by atoms with Gasteiger partial charge in [-0.15, -0.1) is 0 Å². The minimum atomic E-state index is 1.12. The summed E-state index contributed by atoms with van der Waals surface area (Å²) in [5.41, 5.74) is 1.39. The lowest BCUT2D eigenvalue weighted by atomic mass is 10.1. The zero-order chi connectivity index (χ0) is 8.10. The highest BCUT2D eigenvalue weighted by Gasteiger charge is 1.91. The lowest BCUT2D eigenvalue weighted by molar-refractivity contribution is 0.920.